The van der Waals surface area contributed by atoms with Gasteiger partial charge in [0.25, 0.3) is 0 Å². The van der Waals surface area contributed by atoms with Crippen molar-refractivity contribution in [2.24, 2.45) is 5.73 Å². The summed E-state index contributed by atoms with van der Waals surface area (Å²) >= 11 is 0. The summed E-state index contributed by atoms with van der Waals surface area (Å²) in [5, 5.41) is 3.30. The van der Waals surface area contributed by atoms with Gasteiger partial charge in [-0.25, -0.2) is 0 Å². The minimum absolute atomic E-state index is 0.396. The summed E-state index contributed by atoms with van der Waals surface area (Å²) in [6, 6.07) is 0. The first-order chi connectivity index (χ1) is 8.26. The highest BCUT2D eigenvalue weighted by molar-refractivity contribution is 5.47. The molecule has 0 bridgehead atoms. The van der Waals surface area contributed by atoms with E-state index in [0.717, 1.165) is 35.8 Å². The number of rotatable bonds is 4. The van der Waals surface area contributed by atoms with Crippen LogP contribution in [0.2, 0.25) is 0 Å². The second kappa shape index (κ2) is 4.99. The highest BCUT2D eigenvalue weighted by Crippen LogP contribution is 2.32. The van der Waals surface area contributed by atoms with Crippen LogP contribution < -0.4 is 11.1 Å². The Kier molecular flexibility index (Phi) is 3.42. The molecule has 0 atom stereocenters. The maximum Gasteiger partial charge on any atom is 0.193 e. The smallest absolute Gasteiger partial charge is 0.193 e. The van der Waals surface area contributed by atoms with Gasteiger partial charge in [0, 0.05) is 23.9 Å². The molecule has 0 saturated carbocycles. The summed E-state index contributed by atoms with van der Waals surface area (Å²) in [4.78, 5) is 0. The minimum atomic E-state index is 0.396. The molecule has 0 aromatic rings. The van der Waals surface area contributed by atoms with Crippen molar-refractivity contribution in [2.75, 3.05) is 13.2 Å². The zero-order valence-electron chi connectivity index (χ0n) is 10.2. The molecule has 2 aliphatic rings. The number of nitrogens with one attached hydrogen (secondary N) is 1. The van der Waals surface area contributed by atoms with E-state index in [1.807, 2.05) is 19.1 Å². The van der Waals surface area contributed by atoms with Crippen molar-refractivity contribution in [3.05, 3.63) is 46.9 Å². The van der Waals surface area contributed by atoms with Crippen LogP contribution in [0.3, 0.4) is 0 Å². The van der Waals surface area contributed by atoms with E-state index in [4.69, 9.17) is 15.2 Å². The fourth-order valence-corrected chi connectivity index (χ4v) is 1.94. The van der Waals surface area contributed by atoms with Gasteiger partial charge in [-0.2, -0.15) is 0 Å². The Bertz CT molecular complexity index is 431. The minimum Gasteiger partial charge on any atom is -0.490 e. The van der Waals surface area contributed by atoms with Crippen LogP contribution in [0.1, 0.15) is 20.3 Å². The first-order valence-electron chi connectivity index (χ1n) is 5.92. The van der Waals surface area contributed by atoms with Gasteiger partial charge < -0.3 is 20.5 Å². The monoisotopic (exact) mass is 234 g/mol. The normalized spacial score (nSPS) is 18.6. The molecule has 17 heavy (non-hydrogen) atoms. The largest absolute Gasteiger partial charge is 0.490 e. The van der Waals surface area contributed by atoms with E-state index in [2.05, 4.69) is 18.3 Å². The van der Waals surface area contributed by atoms with Crippen molar-refractivity contribution in [3.63, 3.8) is 0 Å². The fraction of sp³-hybridized carbons (Fsp3) is 0.385. The van der Waals surface area contributed by atoms with E-state index in [0.29, 0.717) is 12.5 Å². The Morgan fingerprint density at radius 3 is 3.00 bits per heavy atom. The van der Waals surface area contributed by atoms with Crippen LogP contribution in [0.5, 0.6) is 0 Å². The second-order valence-electron chi connectivity index (χ2n) is 3.80. The molecule has 0 amide bonds. The predicted octanol–water partition coefficient (Wildman–Crippen LogP) is 1.89. The summed E-state index contributed by atoms with van der Waals surface area (Å²) in [7, 11) is 0. The maximum absolute atomic E-state index is 5.77. The standard InChI is InChI=1S/C13H18N2O2/c1-3-15-10-8-12(14)17-13-9(10)6-5-7-11(13)16-4-2/h5,7-8,15H,3-4,6,14H2,1-2H3. The first-order valence-corrected chi connectivity index (χ1v) is 5.92. The topological polar surface area (TPSA) is 56.5 Å². The molecule has 0 radical (unpaired) electrons. The summed E-state index contributed by atoms with van der Waals surface area (Å²) in [5.41, 5.74) is 7.90. The predicted molar refractivity (Wildman–Crippen MR) is 66.5 cm³/mol. The van der Waals surface area contributed by atoms with Crippen molar-refractivity contribution in [2.45, 2.75) is 20.3 Å². The number of allylic oxidation sites excluding steroid dienone is 4. The second-order valence-corrected chi connectivity index (χ2v) is 3.80. The Morgan fingerprint density at radius 1 is 1.47 bits per heavy atom. The SMILES string of the molecule is CCNC1=C2CC=CC(OCC)=C2OC(N)=C1. The van der Waals surface area contributed by atoms with Crippen LogP contribution in [0.4, 0.5) is 0 Å². The van der Waals surface area contributed by atoms with Crippen molar-refractivity contribution >= 4 is 0 Å². The van der Waals surface area contributed by atoms with Crippen LogP contribution in [0.15, 0.2) is 46.9 Å². The molecule has 1 aliphatic heterocycles. The zero-order valence-corrected chi connectivity index (χ0v) is 10.2. The molecule has 0 saturated heterocycles. The van der Waals surface area contributed by atoms with Gasteiger partial charge in [0.1, 0.15) is 0 Å². The van der Waals surface area contributed by atoms with E-state index in [1.165, 1.54) is 0 Å². The van der Waals surface area contributed by atoms with E-state index >= 15 is 0 Å². The lowest BCUT2D eigenvalue weighted by Gasteiger charge is -2.25. The van der Waals surface area contributed by atoms with E-state index in [1.54, 1.807) is 0 Å². The van der Waals surface area contributed by atoms with Crippen LogP contribution in [0.25, 0.3) is 0 Å². The third-order valence-electron chi connectivity index (χ3n) is 2.59. The molecular formula is C13H18N2O2. The van der Waals surface area contributed by atoms with Crippen molar-refractivity contribution in [1.29, 1.82) is 0 Å². The molecule has 4 nitrogen and oxygen atoms in total. The van der Waals surface area contributed by atoms with Crippen molar-refractivity contribution < 1.29 is 9.47 Å². The lowest BCUT2D eigenvalue weighted by molar-refractivity contribution is 0.201. The fourth-order valence-electron chi connectivity index (χ4n) is 1.94. The average Bonchev–Trinajstić information content (AvgIpc) is 2.31. The van der Waals surface area contributed by atoms with E-state index in [9.17, 15) is 0 Å². The zero-order chi connectivity index (χ0) is 12.3. The third-order valence-corrected chi connectivity index (χ3v) is 2.59. The van der Waals surface area contributed by atoms with Crippen LogP contribution in [0, 0.1) is 0 Å². The van der Waals surface area contributed by atoms with Gasteiger partial charge >= 0.3 is 0 Å². The summed E-state index contributed by atoms with van der Waals surface area (Å²) in [5.74, 6) is 1.89. The molecule has 0 aromatic carbocycles. The highest BCUT2D eigenvalue weighted by Gasteiger charge is 2.24. The van der Waals surface area contributed by atoms with Gasteiger partial charge in [-0.15, -0.1) is 0 Å². The number of nitrogens with two attached hydrogens (primary N) is 1. The molecule has 0 fully saturated rings. The molecular weight excluding hydrogens is 216 g/mol. The molecule has 1 heterocycles. The molecule has 4 heteroatoms. The first kappa shape index (κ1) is 11.6. The van der Waals surface area contributed by atoms with Crippen LogP contribution in [-0.2, 0) is 9.47 Å². The molecule has 0 unspecified atom stereocenters. The number of hydrogen-bond acceptors (Lipinski definition) is 4. The molecule has 3 N–H and O–H groups in total. The Morgan fingerprint density at radius 2 is 2.29 bits per heavy atom. The van der Waals surface area contributed by atoms with Gasteiger partial charge in [-0.05, 0) is 26.3 Å². The number of ether oxygens (including phenoxy) is 2. The van der Waals surface area contributed by atoms with Crippen LogP contribution in [-0.4, -0.2) is 13.2 Å². The van der Waals surface area contributed by atoms with E-state index < -0.39 is 0 Å². The molecule has 2 rings (SSSR count). The summed E-state index contributed by atoms with van der Waals surface area (Å²) < 4.78 is 11.1. The van der Waals surface area contributed by atoms with E-state index in [-0.39, 0.29) is 0 Å². The Labute approximate surface area is 101 Å². The van der Waals surface area contributed by atoms with Gasteiger partial charge in [-0.3, -0.25) is 0 Å². The van der Waals surface area contributed by atoms with Gasteiger partial charge in [0.05, 0.1) is 6.61 Å². The van der Waals surface area contributed by atoms with Gasteiger partial charge in [0.2, 0.25) is 0 Å². The third kappa shape index (κ3) is 2.30. The van der Waals surface area contributed by atoms with Gasteiger partial charge in [-0.1, -0.05) is 6.08 Å². The number of likely N-dealkylation sites (N-methyl/N-ethyl adjacent to an activating group) is 1. The average molecular weight is 234 g/mol. The number of hydrogen-bond donors (Lipinski definition) is 2. The summed E-state index contributed by atoms with van der Waals surface area (Å²) in [6.07, 6.45) is 6.66. The van der Waals surface area contributed by atoms with Gasteiger partial charge in [0.15, 0.2) is 17.4 Å². The molecule has 0 aromatic heterocycles. The molecule has 92 valence electrons. The lowest BCUT2D eigenvalue weighted by Crippen LogP contribution is -2.22. The highest BCUT2D eigenvalue weighted by atomic mass is 16.5. The Hall–Kier alpha value is -1.84. The van der Waals surface area contributed by atoms with Crippen LogP contribution >= 0.6 is 0 Å². The van der Waals surface area contributed by atoms with Crippen molar-refractivity contribution in [3.8, 4) is 0 Å². The quantitative estimate of drug-likeness (QED) is 0.780. The summed E-state index contributed by atoms with van der Waals surface area (Å²) in [6.45, 7) is 5.47. The lowest BCUT2D eigenvalue weighted by atomic mass is 10.00. The molecule has 1 aliphatic carbocycles. The maximum atomic E-state index is 5.77. The van der Waals surface area contributed by atoms with Crippen molar-refractivity contribution in [1.82, 2.24) is 5.32 Å². The number of fused-ring (bicyclic) bond motifs is 1. The Balaban J connectivity index is 2.41. The molecule has 0 spiro atoms.